The average molecular weight is 238 g/mol. The molecule has 1 aliphatic carbocycles. The smallest absolute Gasteiger partial charge is 0.331 e. The number of nitrogens with zero attached hydrogens (tertiary/aromatic N) is 1. The molecule has 1 aromatic heterocycles. The second-order valence-corrected chi connectivity index (χ2v) is 5.42. The Hall–Kier alpha value is -1.52. The van der Waals surface area contributed by atoms with Gasteiger partial charge in [0.25, 0.3) is 5.56 Å². The van der Waals surface area contributed by atoms with Crippen LogP contribution in [-0.2, 0) is 13.0 Å². The van der Waals surface area contributed by atoms with E-state index in [4.69, 9.17) is 0 Å². The summed E-state index contributed by atoms with van der Waals surface area (Å²) in [6.45, 7) is 6.51. The Kier molecular flexibility index (Phi) is 2.64. The first kappa shape index (κ1) is 12.0. The molecule has 5 nitrogen and oxygen atoms in total. The molecule has 1 aromatic rings. The molecule has 1 heterocycles. The molecule has 17 heavy (non-hydrogen) atoms. The van der Waals surface area contributed by atoms with Gasteiger partial charge in [-0.3, -0.25) is 14.3 Å². The standard InChI is InChI=1S/C12H18N2O3/c1-4-8-9(15)13-11(17)14(10(8)16)6-7-5-12(7,2)3/h7,16H,4-6H2,1-3H3,(H,13,15,17). The normalized spacial score (nSPS) is 21.5. The molecule has 2 N–H and O–H groups in total. The van der Waals surface area contributed by atoms with Crippen molar-refractivity contribution in [3.05, 3.63) is 26.4 Å². The zero-order valence-corrected chi connectivity index (χ0v) is 10.4. The highest BCUT2D eigenvalue weighted by atomic mass is 16.3. The van der Waals surface area contributed by atoms with Crippen molar-refractivity contribution in [2.45, 2.75) is 40.2 Å². The number of nitrogens with one attached hydrogen (secondary N) is 1. The van der Waals surface area contributed by atoms with E-state index in [1.807, 2.05) is 0 Å². The number of aromatic nitrogens is 2. The predicted molar refractivity (Wildman–Crippen MR) is 64.3 cm³/mol. The van der Waals surface area contributed by atoms with E-state index in [-0.39, 0.29) is 16.9 Å². The minimum absolute atomic E-state index is 0.177. The summed E-state index contributed by atoms with van der Waals surface area (Å²) in [6, 6.07) is 0. The first-order valence-corrected chi connectivity index (χ1v) is 5.91. The Labute approximate surface area is 99.1 Å². The third-order valence-electron chi connectivity index (χ3n) is 3.74. The van der Waals surface area contributed by atoms with Crippen LogP contribution in [0.25, 0.3) is 0 Å². The Balaban J connectivity index is 2.41. The average Bonchev–Trinajstić information content (AvgIpc) is 2.81. The van der Waals surface area contributed by atoms with E-state index in [1.54, 1.807) is 6.92 Å². The van der Waals surface area contributed by atoms with E-state index >= 15 is 0 Å². The molecule has 2 rings (SSSR count). The molecule has 0 aromatic carbocycles. The van der Waals surface area contributed by atoms with E-state index in [0.29, 0.717) is 18.9 Å². The lowest BCUT2D eigenvalue weighted by Gasteiger charge is -2.11. The first-order valence-electron chi connectivity index (χ1n) is 5.91. The van der Waals surface area contributed by atoms with Crippen molar-refractivity contribution in [3.63, 3.8) is 0 Å². The Bertz CT molecular complexity index is 554. The summed E-state index contributed by atoms with van der Waals surface area (Å²) in [6.07, 6.45) is 1.45. The van der Waals surface area contributed by atoms with E-state index < -0.39 is 11.2 Å². The first-order chi connectivity index (χ1) is 7.86. The molecule has 0 bridgehead atoms. The van der Waals surface area contributed by atoms with Gasteiger partial charge in [-0.05, 0) is 24.2 Å². The molecule has 1 fully saturated rings. The maximum absolute atomic E-state index is 11.7. The van der Waals surface area contributed by atoms with Gasteiger partial charge in [0.15, 0.2) is 0 Å². The maximum atomic E-state index is 11.7. The lowest BCUT2D eigenvalue weighted by molar-refractivity contribution is 0.373. The van der Waals surface area contributed by atoms with Gasteiger partial charge in [0, 0.05) is 6.54 Å². The van der Waals surface area contributed by atoms with Crippen molar-refractivity contribution in [1.82, 2.24) is 9.55 Å². The van der Waals surface area contributed by atoms with Gasteiger partial charge in [-0.25, -0.2) is 4.79 Å². The quantitative estimate of drug-likeness (QED) is 0.819. The zero-order chi connectivity index (χ0) is 12.8. The van der Waals surface area contributed by atoms with Gasteiger partial charge in [-0.1, -0.05) is 20.8 Å². The topological polar surface area (TPSA) is 75.1 Å². The number of hydrogen-bond donors (Lipinski definition) is 2. The van der Waals surface area contributed by atoms with Crippen LogP contribution in [0, 0.1) is 11.3 Å². The van der Waals surface area contributed by atoms with E-state index in [2.05, 4.69) is 18.8 Å². The lowest BCUT2D eigenvalue weighted by atomic mass is 10.1. The molecule has 1 unspecified atom stereocenters. The lowest BCUT2D eigenvalue weighted by Crippen LogP contribution is -2.32. The van der Waals surface area contributed by atoms with Crippen molar-refractivity contribution in [2.75, 3.05) is 0 Å². The molecular formula is C12H18N2O3. The van der Waals surface area contributed by atoms with Crippen molar-refractivity contribution in [2.24, 2.45) is 11.3 Å². The Morgan fingerprint density at radius 2 is 2.06 bits per heavy atom. The number of H-pyrrole nitrogens is 1. The highest BCUT2D eigenvalue weighted by molar-refractivity contribution is 5.22. The highest BCUT2D eigenvalue weighted by Gasteiger charge is 2.45. The summed E-state index contributed by atoms with van der Waals surface area (Å²) >= 11 is 0. The molecule has 0 amide bonds. The van der Waals surface area contributed by atoms with E-state index in [1.165, 1.54) is 4.57 Å². The van der Waals surface area contributed by atoms with Crippen LogP contribution in [0.5, 0.6) is 5.88 Å². The summed E-state index contributed by atoms with van der Waals surface area (Å²) in [7, 11) is 0. The summed E-state index contributed by atoms with van der Waals surface area (Å²) in [5.41, 5.74) is -0.495. The minimum atomic E-state index is -0.521. The number of hydrogen-bond acceptors (Lipinski definition) is 3. The SMILES string of the molecule is CCc1c(O)n(CC2CC2(C)C)c(=O)[nH]c1=O. The third kappa shape index (κ3) is 2.01. The fourth-order valence-corrected chi connectivity index (χ4v) is 2.20. The number of aromatic amines is 1. The summed E-state index contributed by atoms with van der Waals surface area (Å²) in [4.78, 5) is 25.3. The molecule has 0 aliphatic heterocycles. The van der Waals surface area contributed by atoms with Crippen LogP contribution in [0.1, 0.15) is 32.8 Å². The molecule has 0 saturated heterocycles. The molecule has 0 spiro atoms. The summed E-state index contributed by atoms with van der Waals surface area (Å²) in [5, 5.41) is 9.94. The van der Waals surface area contributed by atoms with Crippen LogP contribution < -0.4 is 11.2 Å². The largest absolute Gasteiger partial charge is 0.494 e. The molecule has 1 aliphatic rings. The zero-order valence-electron chi connectivity index (χ0n) is 10.4. The van der Waals surface area contributed by atoms with Gasteiger partial charge in [0.2, 0.25) is 5.88 Å². The van der Waals surface area contributed by atoms with Crippen molar-refractivity contribution >= 4 is 0 Å². The van der Waals surface area contributed by atoms with Crippen LogP contribution in [0.15, 0.2) is 9.59 Å². The third-order valence-corrected chi connectivity index (χ3v) is 3.74. The number of aromatic hydroxyl groups is 1. The van der Waals surface area contributed by atoms with Gasteiger partial charge >= 0.3 is 5.69 Å². The summed E-state index contributed by atoms with van der Waals surface area (Å²) < 4.78 is 1.28. The number of rotatable bonds is 3. The van der Waals surface area contributed by atoms with E-state index in [0.717, 1.165) is 6.42 Å². The van der Waals surface area contributed by atoms with Crippen LogP contribution in [-0.4, -0.2) is 14.7 Å². The predicted octanol–water partition coefficient (Wildman–Crippen LogP) is 0.851. The molecule has 1 saturated carbocycles. The molecular weight excluding hydrogens is 220 g/mol. The van der Waals surface area contributed by atoms with Crippen LogP contribution in [0.3, 0.4) is 0 Å². The molecule has 1 atom stereocenters. The van der Waals surface area contributed by atoms with Gasteiger partial charge < -0.3 is 5.11 Å². The van der Waals surface area contributed by atoms with Crippen molar-refractivity contribution in [3.8, 4) is 5.88 Å². The van der Waals surface area contributed by atoms with Gasteiger partial charge in [-0.2, -0.15) is 0 Å². The highest BCUT2D eigenvalue weighted by Crippen LogP contribution is 2.52. The molecule has 94 valence electrons. The van der Waals surface area contributed by atoms with Crippen LogP contribution in [0.2, 0.25) is 0 Å². The molecule has 5 heteroatoms. The summed E-state index contributed by atoms with van der Waals surface area (Å²) in [5.74, 6) is 0.214. The fourth-order valence-electron chi connectivity index (χ4n) is 2.20. The van der Waals surface area contributed by atoms with Gasteiger partial charge in [0.05, 0.1) is 5.56 Å². The Morgan fingerprint density at radius 1 is 1.47 bits per heavy atom. The second-order valence-electron chi connectivity index (χ2n) is 5.42. The van der Waals surface area contributed by atoms with Gasteiger partial charge in [-0.15, -0.1) is 0 Å². The molecule has 0 radical (unpaired) electrons. The van der Waals surface area contributed by atoms with E-state index in [9.17, 15) is 14.7 Å². The Morgan fingerprint density at radius 3 is 2.53 bits per heavy atom. The van der Waals surface area contributed by atoms with Crippen molar-refractivity contribution in [1.29, 1.82) is 0 Å². The van der Waals surface area contributed by atoms with Gasteiger partial charge in [0.1, 0.15) is 0 Å². The minimum Gasteiger partial charge on any atom is -0.494 e. The van der Waals surface area contributed by atoms with Crippen molar-refractivity contribution < 1.29 is 5.11 Å². The van der Waals surface area contributed by atoms with Crippen LogP contribution in [0.4, 0.5) is 0 Å². The second kappa shape index (κ2) is 3.75. The fraction of sp³-hybridized carbons (Fsp3) is 0.667. The van der Waals surface area contributed by atoms with Crippen LogP contribution >= 0.6 is 0 Å². The maximum Gasteiger partial charge on any atom is 0.331 e. The monoisotopic (exact) mass is 238 g/mol.